The second kappa shape index (κ2) is 5.96. The van der Waals surface area contributed by atoms with Gasteiger partial charge in [-0.2, -0.15) is 0 Å². The number of hydrogen-bond donors (Lipinski definition) is 1. The molecule has 0 bridgehead atoms. The second-order valence-corrected chi connectivity index (χ2v) is 4.92. The van der Waals surface area contributed by atoms with Crippen LogP contribution >= 0.6 is 12.2 Å². The van der Waals surface area contributed by atoms with Gasteiger partial charge in [0, 0.05) is 24.7 Å². The lowest BCUT2D eigenvalue weighted by atomic mass is 10.1. The van der Waals surface area contributed by atoms with Crippen LogP contribution in [-0.4, -0.2) is 12.0 Å². The van der Waals surface area contributed by atoms with Crippen LogP contribution in [0.2, 0.25) is 0 Å². The van der Waals surface area contributed by atoms with Crippen molar-refractivity contribution in [3.8, 4) is 0 Å². The molecule has 0 aromatic heterocycles. The first-order valence-corrected chi connectivity index (χ1v) is 6.43. The molecule has 2 rings (SSSR count). The van der Waals surface area contributed by atoms with Gasteiger partial charge in [-0.05, 0) is 18.2 Å². The van der Waals surface area contributed by atoms with Gasteiger partial charge >= 0.3 is 0 Å². The largest absolute Gasteiger partial charge is 0.389 e. The maximum Gasteiger partial charge on any atom is 0.146 e. The number of benzene rings is 2. The fourth-order valence-corrected chi connectivity index (χ4v) is 2.06. The van der Waals surface area contributed by atoms with Gasteiger partial charge < -0.3 is 10.6 Å². The van der Waals surface area contributed by atoms with Crippen LogP contribution in [0, 0.1) is 11.6 Å². The number of thiocarbonyl (C=S) groups is 1. The summed E-state index contributed by atoms with van der Waals surface area (Å²) in [5.74, 6) is -0.742. The Balaban J connectivity index is 2.22. The Labute approximate surface area is 121 Å². The molecule has 0 atom stereocenters. The third-order valence-corrected chi connectivity index (χ3v) is 3.24. The summed E-state index contributed by atoms with van der Waals surface area (Å²) in [6, 6.07) is 10.9. The average Bonchev–Trinajstić information content (AvgIpc) is 2.41. The van der Waals surface area contributed by atoms with E-state index in [1.807, 2.05) is 0 Å². The van der Waals surface area contributed by atoms with Crippen LogP contribution in [0.3, 0.4) is 0 Å². The van der Waals surface area contributed by atoms with Crippen molar-refractivity contribution < 1.29 is 8.78 Å². The molecule has 2 aromatic carbocycles. The minimum Gasteiger partial charge on any atom is -0.389 e. The summed E-state index contributed by atoms with van der Waals surface area (Å²) in [7, 11) is 1.71. The fraction of sp³-hybridized carbons (Fsp3) is 0.133. The lowest BCUT2D eigenvalue weighted by Gasteiger charge is -2.20. The molecule has 0 aliphatic heterocycles. The van der Waals surface area contributed by atoms with Crippen LogP contribution in [-0.2, 0) is 6.54 Å². The van der Waals surface area contributed by atoms with Crippen LogP contribution in [0.4, 0.5) is 14.5 Å². The van der Waals surface area contributed by atoms with Gasteiger partial charge in [-0.25, -0.2) is 8.78 Å². The Kier molecular flexibility index (Phi) is 4.29. The van der Waals surface area contributed by atoms with Gasteiger partial charge in [0.2, 0.25) is 0 Å². The molecule has 0 aliphatic carbocycles. The van der Waals surface area contributed by atoms with E-state index in [4.69, 9.17) is 18.0 Å². The molecule has 20 heavy (non-hydrogen) atoms. The van der Waals surface area contributed by atoms with Crippen molar-refractivity contribution in [3.63, 3.8) is 0 Å². The highest BCUT2D eigenvalue weighted by atomic mass is 32.1. The first-order valence-electron chi connectivity index (χ1n) is 6.03. The molecule has 104 valence electrons. The number of rotatable bonds is 4. The fourth-order valence-electron chi connectivity index (χ4n) is 1.93. The van der Waals surface area contributed by atoms with E-state index in [0.717, 1.165) is 0 Å². The zero-order valence-corrected chi connectivity index (χ0v) is 11.8. The van der Waals surface area contributed by atoms with Crippen molar-refractivity contribution in [2.45, 2.75) is 6.54 Å². The maximum absolute atomic E-state index is 14.0. The molecule has 5 heteroatoms. The quantitative estimate of drug-likeness (QED) is 0.877. The van der Waals surface area contributed by atoms with Gasteiger partial charge in [-0.3, -0.25) is 0 Å². The third-order valence-electron chi connectivity index (χ3n) is 3.01. The van der Waals surface area contributed by atoms with Gasteiger partial charge in [0.15, 0.2) is 0 Å². The van der Waals surface area contributed by atoms with Gasteiger partial charge in [-0.1, -0.05) is 36.5 Å². The zero-order valence-electron chi connectivity index (χ0n) is 10.9. The molecule has 2 nitrogen and oxygen atoms in total. The van der Waals surface area contributed by atoms with Crippen molar-refractivity contribution in [1.82, 2.24) is 0 Å². The molecule has 0 saturated heterocycles. The number of hydrogen-bond acceptors (Lipinski definition) is 2. The van der Waals surface area contributed by atoms with Crippen molar-refractivity contribution in [3.05, 3.63) is 65.2 Å². The van der Waals surface area contributed by atoms with E-state index in [0.29, 0.717) is 16.8 Å². The number of nitrogens with zero attached hydrogens (tertiary/aromatic N) is 1. The van der Waals surface area contributed by atoms with Crippen LogP contribution in [0.15, 0.2) is 42.5 Å². The van der Waals surface area contributed by atoms with Crippen molar-refractivity contribution in [2.24, 2.45) is 5.73 Å². The zero-order chi connectivity index (χ0) is 14.7. The molecule has 0 saturated carbocycles. The summed E-state index contributed by atoms with van der Waals surface area (Å²) < 4.78 is 27.6. The minimum absolute atomic E-state index is 0.151. The first-order chi connectivity index (χ1) is 9.49. The standard InChI is InChI=1S/C15H14F2N2S/c1-19(14-5-3-2-4-12(14)16)9-11-7-6-10(15(18)20)8-13(11)17/h2-8H,9H2,1H3,(H2,18,20). The molecular formula is C15H14F2N2S. The summed E-state index contributed by atoms with van der Waals surface area (Å²) in [5.41, 5.74) is 6.81. The number of nitrogens with two attached hydrogens (primary N) is 1. The molecule has 0 radical (unpaired) electrons. The molecule has 0 amide bonds. The Morgan fingerprint density at radius 2 is 1.85 bits per heavy atom. The van der Waals surface area contributed by atoms with Crippen LogP contribution in [0.1, 0.15) is 11.1 Å². The van der Waals surface area contributed by atoms with Gasteiger partial charge in [0.25, 0.3) is 0 Å². The van der Waals surface area contributed by atoms with Crippen molar-refractivity contribution >= 4 is 22.9 Å². The van der Waals surface area contributed by atoms with Gasteiger partial charge in [-0.15, -0.1) is 0 Å². The summed E-state index contributed by atoms with van der Waals surface area (Å²) in [6.45, 7) is 0.254. The predicted octanol–water partition coefficient (Wildman–Crippen LogP) is 3.24. The number of para-hydroxylation sites is 1. The highest BCUT2D eigenvalue weighted by Gasteiger charge is 2.11. The van der Waals surface area contributed by atoms with E-state index in [9.17, 15) is 8.78 Å². The molecule has 0 unspecified atom stereocenters. The van der Waals surface area contributed by atoms with Crippen LogP contribution < -0.4 is 10.6 Å². The lowest BCUT2D eigenvalue weighted by Crippen LogP contribution is -2.19. The minimum atomic E-state index is -0.404. The Morgan fingerprint density at radius 1 is 1.15 bits per heavy atom. The van der Waals surface area contributed by atoms with E-state index in [-0.39, 0.29) is 17.4 Å². The maximum atomic E-state index is 14.0. The summed E-state index contributed by atoms with van der Waals surface area (Å²) >= 11 is 4.80. The van der Waals surface area contributed by atoms with Crippen molar-refractivity contribution in [2.75, 3.05) is 11.9 Å². The Hall–Kier alpha value is -2.01. The molecule has 0 heterocycles. The third kappa shape index (κ3) is 3.11. The SMILES string of the molecule is CN(Cc1ccc(C(N)=S)cc1F)c1ccccc1F. The Bertz CT molecular complexity index is 644. The van der Waals surface area contributed by atoms with Crippen LogP contribution in [0.5, 0.6) is 0 Å². The van der Waals surface area contributed by atoms with E-state index in [1.54, 1.807) is 42.3 Å². The number of halogens is 2. The smallest absolute Gasteiger partial charge is 0.146 e. The molecule has 0 fully saturated rings. The van der Waals surface area contributed by atoms with Crippen LogP contribution in [0.25, 0.3) is 0 Å². The molecule has 2 N–H and O–H groups in total. The summed E-state index contributed by atoms with van der Waals surface area (Å²) in [4.78, 5) is 1.80. The molecular weight excluding hydrogens is 278 g/mol. The molecule has 0 aliphatic rings. The van der Waals surface area contributed by atoms with Crippen molar-refractivity contribution in [1.29, 1.82) is 0 Å². The first kappa shape index (κ1) is 14.4. The highest BCUT2D eigenvalue weighted by Crippen LogP contribution is 2.20. The number of anilines is 1. The summed E-state index contributed by atoms with van der Waals surface area (Å²) in [5, 5.41) is 0. The average molecular weight is 292 g/mol. The van der Waals surface area contributed by atoms with E-state index in [2.05, 4.69) is 0 Å². The van der Waals surface area contributed by atoms with Gasteiger partial charge in [0.1, 0.15) is 16.6 Å². The monoisotopic (exact) mass is 292 g/mol. The topological polar surface area (TPSA) is 29.3 Å². The molecule has 2 aromatic rings. The highest BCUT2D eigenvalue weighted by molar-refractivity contribution is 7.80. The predicted molar refractivity (Wildman–Crippen MR) is 80.8 cm³/mol. The van der Waals surface area contributed by atoms with E-state index < -0.39 is 5.82 Å². The Morgan fingerprint density at radius 3 is 2.45 bits per heavy atom. The van der Waals surface area contributed by atoms with E-state index >= 15 is 0 Å². The second-order valence-electron chi connectivity index (χ2n) is 4.48. The summed E-state index contributed by atoms with van der Waals surface area (Å²) in [6.07, 6.45) is 0. The molecule has 0 spiro atoms. The normalized spacial score (nSPS) is 10.3. The van der Waals surface area contributed by atoms with Gasteiger partial charge in [0.05, 0.1) is 5.69 Å². The van der Waals surface area contributed by atoms with E-state index in [1.165, 1.54) is 12.1 Å². The lowest BCUT2D eigenvalue weighted by molar-refractivity contribution is 0.601.